The van der Waals surface area contributed by atoms with E-state index in [-0.39, 0.29) is 37.2 Å². The van der Waals surface area contributed by atoms with E-state index < -0.39 is 8.07 Å². The minimum Gasteiger partial charge on any atom is -1.00 e. The summed E-state index contributed by atoms with van der Waals surface area (Å²) in [4.78, 5) is 0. The van der Waals surface area contributed by atoms with E-state index in [1.54, 1.807) is 25.7 Å². The normalized spacial score (nSPS) is 21.8. The topological polar surface area (TPSA) is 0 Å². The van der Waals surface area contributed by atoms with E-state index in [1.807, 2.05) is 22.5 Å². The molecule has 0 amide bonds. The Kier molecular flexibility index (Phi) is 12.8. The molecular formula is C16H31Cl3SiSn. The molecule has 2 saturated carbocycles. The van der Waals surface area contributed by atoms with E-state index in [1.165, 1.54) is 38.5 Å². The van der Waals surface area contributed by atoms with Gasteiger partial charge in [0.15, 0.2) is 0 Å². The van der Waals surface area contributed by atoms with Crippen molar-refractivity contribution in [3.05, 3.63) is 0 Å². The second-order valence-electron chi connectivity index (χ2n) is 7.79. The zero-order valence-electron chi connectivity index (χ0n) is 13.9. The van der Waals surface area contributed by atoms with Crippen LogP contribution in [0, 0.1) is 11.8 Å². The van der Waals surface area contributed by atoms with Crippen molar-refractivity contribution in [1.82, 2.24) is 0 Å². The zero-order valence-corrected chi connectivity index (χ0v) is 20.0. The third-order valence-electron chi connectivity index (χ3n) is 5.74. The molecule has 21 heavy (non-hydrogen) atoms. The van der Waals surface area contributed by atoms with Crippen LogP contribution in [0.25, 0.3) is 0 Å². The quantitative estimate of drug-likeness (QED) is 0.369. The molecule has 0 unspecified atom stereocenters. The van der Waals surface area contributed by atoms with Crippen molar-refractivity contribution in [2.45, 2.75) is 86.9 Å². The Labute approximate surface area is 165 Å². The van der Waals surface area contributed by atoms with Crippen LogP contribution in [-0.4, -0.2) is 30.6 Å². The van der Waals surface area contributed by atoms with Gasteiger partial charge in [0.25, 0.3) is 0 Å². The average molecular weight is 477 g/mol. The van der Waals surface area contributed by atoms with Crippen LogP contribution in [0.15, 0.2) is 0 Å². The van der Waals surface area contributed by atoms with Crippen molar-refractivity contribution >= 4 is 30.6 Å². The third-order valence-corrected chi connectivity index (χ3v) is 17.8. The molecule has 0 heterocycles. The molecule has 0 aliphatic heterocycles. The molecule has 0 atom stereocenters. The summed E-state index contributed by atoms with van der Waals surface area (Å²) in [5.74, 6) is 2.19. The summed E-state index contributed by atoms with van der Waals surface area (Å²) in [6.07, 6.45) is 15.4. The molecule has 0 saturated heterocycles. The van der Waals surface area contributed by atoms with E-state index in [0.29, 0.717) is 0 Å². The molecule has 2 fully saturated rings. The summed E-state index contributed by atoms with van der Waals surface area (Å²) in [5.41, 5.74) is 0. The first-order valence-corrected chi connectivity index (χ1v) is 13.1. The fourth-order valence-electron chi connectivity index (χ4n) is 4.67. The van der Waals surface area contributed by atoms with E-state index in [2.05, 4.69) is 19.6 Å². The van der Waals surface area contributed by atoms with Gasteiger partial charge in [0.05, 0.1) is 0 Å². The predicted octanol–water partition coefficient (Wildman–Crippen LogP) is -3.64. The Bertz CT molecular complexity index is 251. The van der Waals surface area contributed by atoms with Crippen LogP contribution in [0.5, 0.6) is 0 Å². The number of hydrogen-bond acceptors (Lipinski definition) is 0. The maximum atomic E-state index is 2.67. The van der Waals surface area contributed by atoms with Crippen LogP contribution in [0.1, 0.15) is 64.2 Å². The molecule has 0 nitrogen and oxygen atoms in total. The Balaban J connectivity index is 0. The first-order valence-electron chi connectivity index (χ1n) is 8.21. The second-order valence-corrected chi connectivity index (χ2v) is 16.9. The summed E-state index contributed by atoms with van der Waals surface area (Å²) < 4.78 is 0.806. The molecule has 0 bridgehead atoms. The number of rotatable bonds is 3. The van der Waals surface area contributed by atoms with Gasteiger partial charge in [-0.15, -0.1) is 0 Å². The molecule has 2 aliphatic rings. The number of halogens is 3. The summed E-state index contributed by atoms with van der Waals surface area (Å²) in [5, 5.41) is 0. The van der Waals surface area contributed by atoms with E-state index >= 15 is 0 Å². The molecule has 0 aromatic heterocycles. The van der Waals surface area contributed by atoms with Crippen molar-refractivity contribution < 1.29 is 37.2 Å². The molecule has 0 spiro atoms. The SMILES string of the molecule is C[Si](C)(C)[C]([Sn+3])(C1CCCCC1)C1CCCCC1.[Cl-].[Cl-].[Cl-]. The van der Waals surface area contributed by atoms with Gasteiger partial charge in [0.1, 0.15) is 0 Å². The largest absolute Gasteiger partial charge is 1.00 e. The average Bonchev–Trinajstić information content (AvgIpc) is 2.38. The molecule has 2 aliphatic carbocycles. The van der Waals surface area contributed by atoms with Gasteiger partial charge in [-0.1, -0.05) is 0 Å². The molecule has 124 valence electrons. The van der Waals surface area contributed by atoms with Gasteiger partial charge in [0, 0.05) is 0 Å². The van der Waals surface area contributed by atoms with Crippen LogP contribution in [0.2, 0.25) is 22.7 Å². The smallest absolute Gasteiger partial charge is 1.00 e. The van der Waals surface area contributed by atoms with Crippen molar-refractivity contribution in [1.29, 1.82) is 0 Å². The van der Waals surface area contributed by atoms with Gasteiger partial charge in [-0.2, -0.15) is 0 Å². The Morgan fingerprint density at radius 3 is 1.19 bits per heavy atom. The van der Waals surface area contributed by atoms with Crippen molar-refractivity contribution in [3.63, 3.8) is 0 Å². The van der Waals surface area contributed by atoms with Crippen LogP contribution in [0.4, 0.5) is 0 Å². The Morgan fingerprint density at radius 1 is 0.667 bits per heavy atom. The molecule has 0 radical (unpaired) electrons. The van der Waals surface area contributed by atoms with Crippen LogP contribution < -0.4 is 37.2 Å². The van der Waals surface area contributed by atoms with E-state index in [9.17, 15) is 0 Å². The summed E-state index contributed by atoms with van der Waals surface area (Å²) in [7, 11) is -1.05. The van der Waals surface area contributed by atoms with Crippen molar-refractivity contribution in [2.75, 3.05) is 0 Å². The molecule has 5 heteroatoms. The molecule has 0 aromatic carbocycles. The van der Waals surface area contributed by atoms with Crippen LogP contribution in [0.3, 0.4) is 0 Å². The maximum absolute atomic E-state index is 2.67. The summed E-state index contributed by atoms with van der Waals surface area (Å²) >= 11 is 1.91. The van der Waals surface area contributed by atoms with Gasteiger partial charge in [-0.3, -0.25) is 0 Å². The van der Waals surface area contributed by atoms with Gasteiger partial charge < -0.3 is 37.2 Å². The summed E-state index contributed by atoms with van der Waals surface area (Å²) in [6.45, 7) is 8.01. The number of hydrogen-bond donors (Lipinski definition) is 0. The van der Waals surface area contributed by atoms with Gasteiger partial charge in [-0.25, -0.2) is 0 Å². The fraction of sp³-hybridized carbons (Fsp3) is 1.00. The Hall–Kier alpha value is 1.89. The predicted molar refractivity (Wildman–Crippen MR) is 84.9 cm³/mol. The van der Waals surface area contributed by atoms with Crippen LogP contribution >= 0.6 is 0 Å². The molecule has 0 aromatic rings. The molecule has 0 N–H and O–H groups in total. The monoisotopic (exact) mass is 476 g/mol. The van der Waals surface area contributed by atoms with E-state index in [0.717, 1.165) is 14.9 Å². The van der Waals surface area contributed by atoms with Crippen LogP contribution in [-0.2, 0) is 0 Å². The standard InChI is InChI=1S/C16H31Si.3ClH.Sn/c1-17(2,3)16(14-10-6-4-7-11-14)15-12-8-5-9-13-15;;;;/h14-15H,4-13H2,1-3H3;3*1H;/q;;;;+3/p-3. The van der Waals surface area contributed by atoms with Gasteiger partial charge in [-0.05, 0) is 0 Å². The van der Waals surface area contributed by atoms with Gasteiger partial charge >= 0.3 is 129 Å². The molecule has 2 rings (SSSR count). The van der Waals surface area contributed by atoms with E-state index in [4.69, 9.17) is 0 Å². The van der Waals surface area contributed by atoms with Crippen molar-refractivity contribution in [3.8, 4) is 0 Å². The Morgan fingerprint density at radius 2 is 0.952 bits per heavy atom. The fourth-order valence-corrected chi connectivity index (χ4v) is 9.35. The summed E-state index contributed by atoms with van der Waals surface area (Å²) in [6, 6.07) is 0. The minimum atomic E-state index is -1.05. The van der Waals surface area contributed by atoms with Gasteiger partial charge in [0.2, 0.25) is 0 Å². The minimum absolute atomic E-state index is 0. The van der Waals surface area contributed by atoms with Crippen molar-refractivity contribution in [2.24, 2.45) is 11.8 Å². The second kappa shape index (κ2) is 10.7. The zero-order chi connectivity index (χ0) is 13.2. The first kappa shape index (κ1) is 25.1. The maximum Gasteiger partial charge on any atom is -1.00 e. The third kappa shape index (κ3) is 5.72. The molecular weight excluding hydrogens is 445 g/mol. The first-order chi connectivity index (χ1) is 8.46.